The average molecular weight is 174 g/mol. The quantitative estimate of drug-likeness (QED) is 0.545. The molecule has 1 unspecified atom stereocenters. The SMILES string of the molecule is CC(O)CCCNCCN(C)C. The van der Waals surface area contributed by atoms with Crippen LogP contribution >= 0.6 is 0 Å². The second-order valence-electron chi connectivity index (χ2n) is 3.54. The van der Waals surface area contributed by atoms with Crippen molar-refractivity contribution in [2.45, 2.75) is 25.9 Å². The Balaban J connectivity index is 2.91. The number of likely N-dealkylation sites (N-methyl/N-ethyl adjacent to an activating group) is 1. The third kappa shape index (κ3) is 9.88. The Morgan fingerprint density at radius 3 is 2.50 bits per heavy atom. The molecule has 0 rings (SSSR count). The van der Waals surface area contributed by atoms with Gasteiger partial charge in [-0.25, -0.2) is 0 Å². The molecule has 0 saturated carbocycles. The van der Waals surface area contributed by atoms with Gasteiger partial charge in [0, 0.05) is 13.1 Å². The lowest BCUT2D eigenvalue weighted by atomic mass is 10.2. The lowest BCUT2D eigenvalue weighted by Crippen LogP contribution is -2.27. The van der Waals surface area contributed by atoms with Gasteiger partial charge in [-0.1, -0.05) is 0 Å². The minimum Gasteiger partial charge on any atom is -0.393 e. The maximum absolute atomic E-state index is 8.96. The fraction of sp³-hybridized carbons (Fsp3) is 1.00. The maximum Gasteiger partial charge on any atom is 0.0512 e. The third-order valence-electron chi connectivity index (χ3n) is 1.71. The van der Waals surface area contributed by atoms with Gasteiger partial charge >= 0.3 is 0 Å². The second-order valence-corrected chi connectivity index (χ2v) is 3.54. The summed E-state index contributed by atoms with van der Waals surface area (Å²) in [7, 11) is 4.13. The van der Waals surface area contributed by atoms with Crippen LogP contribution in [0.1, 0.15) is 19.8 Å². The van der Waals surface area contributed by atoms with Crippen molar-refractivity contribution in [3.8, 4) is 0 Å². The van der Waals surface area contributed by atoms with E-state index in [-0.39, 0.29) is 6.10 Å². The predicted molar refractivity (Wildman–Crippen MR) is 52.3 cm³/mol. The van der Waals surface area contributed by atoms with Gasteiger partial charge in [0.1, 0.15) is 0 Å². The Morgan fingerprint density at radius 2 is 2.00 bits per heavy atom. The molecule has 74 valence electrons. The number of hydrogen-bond donors (Lipinski definition) is 2. The highest BCUT2D eigenvalue weighted by Gasteiger charge is 1.94. The van der Waals surface area contributed by atoms with E-state index in [1.165, 1.54) is 0 Å². The Hall–Kier alpha value is -0.120. The fourth-order valence-corrected chi connectivity index (χ4v) is 0.950. The van der Waals surface area contributed by atoms with Gasteiger partial charge in [0.2, 0.25) is 0 Å². The summed E-state index contributed by atoms with van der Waals surface area (Å²) in [6.07, 6.45) is 1.81. The molecule has 1 atom stereocenters. The fourth-order valence-electron chi connectivity index (χ4n) is 0.950. The summed E-state index contributed by atoms with van der Waals surface area (Å²) >= 11 is 0. The molecule has 0 radical (unpaired) electrons. The van der Waals surface area contributed by atoms with E-state index in [0.717, 1.165) is 32.5 Å². The summed E-state index contributed by atoms with van der Waals surface area (Å²) in [5.74, 6) is 0. The van der Waals surface area contributed by atoms with Gasteiger partial charge in [-0.15, -0.1) is 0 Å². The van der Waals surface area contributed by atoms with E-state index >= 15 is 0 Å². The van der Waals surface area contributed by atoms with Crippen LogP contribution in [0, 0.1) is 0 Å². The summed E-state index contributed by atoms with van der Waals surface area (Å²) < 4.78 is 0. The summed E-state index contributed by atoms with van der Waals surface area (Å²) in [6, 6.07) is 0. The van der Waals surface area contributed by atoms with Crippen LogP contribution in [0.25, 0.3) is 0 Å². The Kier molecular flexibility index (Phi) is 7.45. The van der Waals surface area contributed by atoms with Crippen molar-refractivity contribution in [2.24, 2.45) is 0 Å². The van der Waals surface area contributed by atoms with E-state index in [2.05, 4.69) is 24.3 Å². The summed E-state index contributed by atoms with van der Waals surface area (Å²) in [5.41, 5.74) is 0. The molecule has 0 saturated heterocycles. The number of aliphatic hydroxyl groups is 1. The van der Waals surface area contributed by atoms with E-state index in [1.807, 2.05) is 6.92 Å². The highest BCUT2D eigenvalue weighted by Crippen LogP contribution is 1.92. The molecule has 0 aliphatic heterocycles. The highest BCUT2D eigenvalue weighted by molar-refractivity contribution is 4.53. The molecule has 0 bridgehead atoms. The topological polar surface area (TPSA) is 35.5 Å². The van der Waals surface area contributed by atoms with Crippen LogP contribution in [-0.4, -0.2) is 49.8 Å². The van der Waals surface area contributed by atoms with Crippen molar-refractivity contribution >= 4 is 0 Å². The van der Waals surface area contributed by atoms with Crippen molar-refractivity contribution in [1.29, 1.82) is 0 Å². The van der Waals surface area contributed by atoms with Gasteiger partial charge < -0.3 is 15.3 Å². The van der Waals surface area contributed by atoms with Crippen LogP contribution in [0.3, 0.4) is 0 Å². The van der Waals surface area contributed by atoms with Crippen molar-refractivity contribution in [3.05, 3.63) is 0 Å². The zero-order valence-electron chi connectivity index (χ0n) is 8.51. The van der Waals surface area contributed by atoms with Crippen LogP contribution in [0.2, 0.25) is 0 Å². The molecule has 0 aromatic rings. The Morgan fingerprint density at radius 1 is 1.33 bits per heavy atom. The van der Waals surface area contributed by atoms with Gasteiger partial charge in [-0.2, -0.15) is 0 Å². The molecule has 0 heterocycles. The zero-order valence-corrected chi connectivity index (χ0v) is 8.51. The average Bonchev–Trinajstić information content (AvgIpc) is 1.95. The van der Waals surface area contributed by atoms with Crippen molar-refractivity contribution < 1.29 is 5.11 Å². The maximum atomic E-state index is 8.96. The molecule has 0 aliphatic carbocycles. The van der Waals surface area contributed by atoms with E-state index in [9.17, 15) is 0 Å². The van der Waals surface area contributed by atoms with Gasteiger partial charge in [-0.3, -0.25) is 0 Å². The molecule has 0 aromatic heterocycles. The Bertz CT molecular complexity index is 82.5. The smallest absolute Gasteiger partial charge is 0.0512 e. The van der Waals surface area contributed by atoms with E-state index in [1.54, 1.807) is 0 Å². The molecule has 3 nitrogen and oxygen atoms in total. The summed E-state index contributed by atoms with van der Waals surface area (Å²) in [5, 5.41) is 12.3. The van der Waals surface area contributed by atoms with Crippen molar-refractivity contribution in [1.82, 2.24) is 10.2 Å². The molecular formula is C9H22N2O. The minimum absolute atomic E-state index is 0.152. The lowest BCUT2D eigenvalue weighted by Gasteiger charge is -2.10. The first-order chi connectivity index (χ1) is 5.63. The molecule has 0 fully saturated rings. The molecule has 0 spiro atoms. The number of aliphatic hydroxyl groups excluding tert-OH is 1. The van der Waals surface area contributed by atoms with E-state index in [0.29, 0.717) is 0 Å². The molecule has 0 aromatic carbocycles. The number of nitrogens with one attached hydrogen (secondary N) is 1. The van der Waals surface area contributed by atoms with Gasteiger partial charge in [0.15, 0.2) is 0 Å². The first kappa shape index (κ1) is 11.9. The lowest BCUT2D eigenvalue weighted by molar-refractivity contribution is 0.181. The van der Waals surface area contributed by atoms with Crippen LogP contribution < -0.4 is 5.32 Å². The first-order valence-corrected chi connectivity index (χ1v) is 4.66. The zero-order chi connectivity index (χ0) is 9.40. The molecule has 2 N–H and O–H groups in total. The van der Waals surface area contributed by atoms with Gasteiger partial charge in [0.25, 0.3) is 0 Å². The van der Waals surface area contributed by atoms with Crippen LogP contribution in [0.15, 0.2) is 0 Å². The third-order valence-corrected chi connectivity index (χ3v) is 1.71. The van der Waals surface area contributed by atoms with E-state index in [4.69, 9.17) is 5.11 Å². The van der Waals surface area contributed by atoms with Gasteiger partial charge in [0.05, 0.1) is 6.10 Å². The van der Waals surface area contributed by atoms with Crippen molar-refractivity contribution in [3.63, 3.8) is 0 Å². The number of nitrogens with zero attached hydrogens (tertiary/aromatic N) is 1. The molecule has 0 aliphatic rings. The summed E-state index contributed by atoms with van der Waals surface area (Å²) in [6.45, 7) is 4.96. The monoisotopic (exact) mass is 174 g/mol. The number of rotatable bonds is 7. The first-order valence-electron chi connectivity index (χ1n) is 4.66. The molecule has 0 amide bonds. The standard InChI is InChI=1S/C9H22N2O/c1-9(12)5-4-6-10-7-8-11(2)3/h9-10,12H,4-8H2,1-3H3. The second kappa shape index (κ2) is 7.53. The molecular weight excluding hydrogens is 152 g/mol. The highest BCUT2D eigenvalue weighted by atomic mass is 16.3. The molecule has 3 heteroatoms. The van der Waals surface area contributed by atoms with Crippen LogP contribution in [-0.2, 0) is 0 Å². The largest absolute Gasteiger partial charge is 0.393 e. The normalized spacial score (nSPS) is 13.8. The van der Waals surface area contributed by atoms with Crippen molar-refractivity contribution in [2.75, 3.05) is 33.7 Å². The Labute approximate surface area is 75.8 Å². The summed E-state index contributed by atoms with van der Waals surface area (Å²) in [4.78, 5) is 2.15. The predicted octanol–water partition coefficient (Wildman–Crippen LogP) is 0.299. The molecule has 12 heavy (non-hydrogen) atoms. The van der Waals surface area contributed by atoms with Gasteiger partial charge in [-0.05, 0) is 40.4 Å². The van der Waals surface area contributed by atoms with Crippen LogP contribution in [0.5, 0.6) is 0 Å². The minimum atomic E-state index is -0.152. The van der Waals surface area contributed by atoms with E-state index < -0.39 is 0 Å². The van der Waals surface area contributed by atoms with Crippen LogP contribution in [0.4, 0.5) is 0 Å². The number of hydrogen-bond acceptors (Lipinski definition) is 3.